The Morgan fingerprint density at radius 3 is 2.65 bits per heavy atom. The number of hydrogen-bond donors (Lipinski definition) is 1. The molecule has 0 saturated carbocycles. The molecule has 1 aromatic heterocycles. The van der Waals surface area contributed by atoms with Crippen molar-refractivity contribution in [2.45, 2.75) is 13.5 Å². The van der Waals surface area contributed by atoms with Crippen LogP contribution in [0.25, 0.3) is 10.9 Å². The zero-order valence-corrected chi connectivity index (χ0v) is 13.2. The van der Waals surface area contributed by atoms with Crippen LogP contribution in [0.15, 0.2) is 53.0 Å². The quantitative estimate of drug-likeness (QED) is 0.726. The molecule has 3 rings (SSSR count). The van der Waals surface area contributed by atoms with Crippen LogP contribution in [0.2, 0.25) is 0 Å². The van der Waals surface area contributed by atoms with Crippen molar-refractivity contribution in [2.24, 2.45) is 7.05 Å². The van der Waals surface area contributed by atoms with Crippen molar-refractivity contribution in [3.05, 3.63) is 64.3 Å². The average molecular weight is 329 g/mol. The number of aromatic nitrogens is 1. The second-order valence-corrected chi connectivity index (χ2v) is 5.93. The van der Waals surface area contributed by atoms with Crippen molar-refractivity contribution in [3.63, 3.8) is 0 Å². The fourth-order valence-corrected chi connectivity index (χ4v) is 3.07. The highest BCUT2D eigenvalue weighted by Crippen LogP contribution is 2.25. The summed E-state index contributed by atoms with van der Waals surface area (Å²) < 4.78 is 3.37. The molecule has 20 heavy (non-hydrogen) atoms. The van der Waals surface area contributed by atoms with E-state index >= 15 is 0 Å². The van der Waals surface area contributed by atoms with Gasteiger partial charge < -0.3 is 9.88 Å². The predicted molar refractivity (Wildman–Crippen MR) is 89.1 cm³/mol. The van der Waals surface area contributed by atoms with Crippen LogP contribution in [-0.2, 0) is 13.6 Å². The smallest absolute Gasteiger partial charge is 0.0556 e. The number of para-hydroxylation sites is 1. The van der Waals surface area contributed by atoms with Crippen LogP contribution in [0.1, 0.15) is 11.3 Å². The first-order valence-electron chi connectivity index (χ1n) is 6.69. The van der Waals surface area contributed by atoms with Crippen molar-refractivity contribution >= 4 is 32.5 Å². The van der Waals surface area contributed by atoms with Crippen molar-refractivity contribution in [3.8, 4) is 0 Å². The highest BCUT2D eigenvalue weighted by molar-refractivity contribution is 9.10. The average Bonchev–Trinajstić information content (AvgIpc) is 2.70. The number of benzene rings is 2. The Balaban J connectivity index is 1.91. The molecule has 0 saturated heterocycles. The van der Waals surface area contributed by atoms with Gasteiger partial charge in [0.25, 0.3) is 0 Å². The lowest BCUT2D eigenvalue weighted by Gasteiger charge is -2.09. The molecule has 0 fully saturated rings. The number of rotatable bonds is 3. The molecule has 2 nitrogen and oxygen atoms in total. The number of fused-ring (bicyclic) bond motifs is 1. The maximum atomic E-state index is 3.50. The van der Waals surface area contributed by atoms with Crippen molar-refractivity contribution in [1.29, 1.82) is 0 Å². The Morgan fingerprint density at radius 1 is 1.10 bits per heavy atom. The Labute approximate surface area is 127 Å². The highest BCUT2D eigenvalue weighted by Gasteiger charge is 2.10. The molecule has 0 spiro atoms. The van der Waals surface area contributed by atoms with Gasteiger partial charge in [-0.05, 0) is 36.8 Å². The molecule has 0 amide bonds. The Kier molecular flexibility index (Phi) is 3.53. The topological polar surface area (TPSA) is 17.0 Å². The summed E-state index contributed by atoms with van der Waals surface area (Å²) in [4.78, 5) is 0. The first-order valence-corrected chi connectivity index (χ1v) is 7.48. The maximum Gasteiger partial charge on any atom is 0.0556 e. The molecule has 3 aromatic rings. The monoisotopic (exact) mass is 328 g/mol. The minimum atomic E-state index is 0.827. The summed E-state index contributed by atoms with van der Waals surface area (Å²) in [5.41, 5.74) is 5.09. The molecule has 0 atom stereocenters. The van der Waals surface area contributed by atoms with E-state index in [1.54, 1.807) is 0 Å². The van der Waals surface area contributed by atoms with Gasteiger partial charge in [0.2, 0.25) is 0 Å². The second-order valence-electron chi connectivity index (χ2n) is 5.01. The van der Waals surface area contributed by atoms with Gasteiger partial charge in [0.1, 0.15) is 0 Å². The molecule has 0 unspecified atom stereocenters. The third-order valence-electron chi connectivity index (χ3n) is 3.79. The molecule has 2 aromatic carbocycles. The first kappa shape index (κ1) is 13.3. The van der Waals surface area contributed by atoms with E-state index in [4.69, 9.17) is 0 Å². The Hall–Kier alpha value is -1.74. The number of nitrogens with zero attached hydrogens (tertiary/aromatic N) is 1. The largest absolute Gasteiger partial charge is 0.379 e. The van der Waals surface area contributed by atoms with Crippen molar-refractivity contribution in [2.75, 3.05) is 5.32 Å². The summed E-state index contributed by atoms with van der Waals surface area (Å²) in [6.07, 6.45) is 0. The molecule has 1 heterocycles. The molecule has 0 aliphatic heterocycles. The van der Waals surface area contributed by atoms with Crippen LogP contribution in [0.4, 0.5) is 5.69 Å². The normalized spacial score (nSPS) is 10.9. The fourth-order valence-electron chi connectivity index (χ4n) is 2.67. The molecule has 0 radical (unpaired) electrons. The van der Waals surface area contributed by atoms with E-state index in [-0.39, 0.29) is 0 Å². The maximum absolute atomic E-state index is 3.50. The fraction of sp³-hybridized carbons (Fsp3) is 0.176. The Bertz CT molecular complexity index is 720. The summed E-state index contributed by atoms with van der Waals surface area (Å²) in [6, 6.07) is 16.8. The summed E-state index contributed by atoms with van der Waals surface area (Å²) >= 11 is 3.50. The Morgan fingerprint density at radius 2 is 1.90 bits per heavy atom. The van der Waals surface area contributed by atoms with E-state index < -0.39 is 0 Å². The lowest BCUT2D eigenvalue weighted by molar-refractivity contribution is 0.862. The number of anilines is 1. The van der Waals surface area contributed by atoms with Gasteiger partial charge in [-0.3, -0.25) is 0 Å². The molecule has 0 aliphatic rings. The molecule has 102 valence electrons. The first-order chi connectivity index (χ1) is 9.66. The lowest BCUT2D eigenvalue weighted by atomic mass is 10.1. The highest BCUT2D eigenvalue weighted by atomic mass is 79.9. The molecule has 0 aliphatic carbocycles. The summed E-state index contributed by atoms with van der Waals surface area (Å²) in [6.45, 7) is 3.02. The van der Waals surface area contributed by atoms with Gasteiger partial charge >= 0.3 is 0 Å². The SMILES string of the molecule is Cc1c(CNc2cccc(Br)c2)n(C)c2ccccc12. The van der Waals surface area contributed by atoms with Gasteiger partial charge in [-0.2, -0.15) is 0 Å². The number of hydrogen-bond acceptors (Lipinski definition) is 1. The predicted octanol–water partition coefficient (Wildman–Crippen LogP) is 4.86. The van der Waals surface area contributed by atoms with Crippen LogP contribution in [-0.4, -0.2) is 4.57 Å². The van der Waals surface area contributed by atoms with E-state index in [1.807, 2.05) is 12.1 Å². The van der Waals surface area contributed by atoms with Crippen molar-refractivity contribution in [1.82, 2.24) is 4.57 Å². The van der Waals surface area contributed by atoms with E-state index in [1.165, 1.54) is 22.2 Å². The molecule has 3 heteroatoms. The summed E-state index contributed by atoms with van der Waals surface area (Å²) in [5.74, 6) is 0. The van der Waals surface area contributed by atoms with Gasteiger partial charge in [0.15, 0.2) is 0 Å². The standard InChI is InChI=1S/C17H17BrN2/c1-12-15-8-3-4-9-16(15)20(2)17(12)11-19-14-7-5-6-13(18)10-14/h3-10,19H,11H2,1-2H3. The minimum absolute atomic E-state index is 0.827. The van der Waals surface area contributed by atoms with Gasteiger partial charge in [-0.25, -0.2) is 0 Å². The second kappa shape index (κ2) is 5.33. The third-order valence-corrected chi connectivity index (χ3v) is 4.28. The molecule has 0 bridgehead atoms. The molecule has 1 N–H and O–H groups in total. The summed E-state index contributed by atoms with van der Waals surface area (Å²) in [5, 5.41) is 4.83. The van der Waals surface area contributed by atoms with Gasteiger partial charge in [0, 0.05) is 33.8 Å². The van der Waals surface area contributed by atoms with E-state index in [0.717, 1.165) is 16.7 Å². The van der Waals surface area contributed by atoms with Crippen LogP contribution in [0.5, 0.6) is 0 Å². The van der Waals surface area contributed by atoms with E-state index in [2.05, 4.69) is 76.2 Å². The van der Waals surface area contributed by atoms with Crippen molar-refractivity contribution < 1.29 is 0 Å². The van der Waals surface area contributed by atoms with E-state index in [9.17, 15) is 0 Å². The van der Waals surface area contributed by atoms with E-state index in [0.29, 0.717) is 0 Å². The third kappa shape index (κ3) is 2.34. The van der Waals surface area contributed by atoms with Gasteiger partial charge in [0.05, 0.1) is 6.54 Å². The van der Waals surface area contributed by atoms with Crippen LogP contribution >= 0.6 is 15.9 Å². The van der Waals surface area contributed by atoms with Gasteiger partial charge in [-0.1, -0.05) is 40.2 Å². The van der Waals surface area contributed by atoms with Gasteiger partial charge in [-0.15, -0.1) is 0 Å². The number of halogens is 1. The zero-order valence-electron chi connectivity index (χ0n) is 11.7. The zero-order chi connectivity index (χ0) is 14.1. The lowest BCUT2D eigenvalue weighted by Crippen LogP contribution is -2.05. The number of nitrogens with one attached hydrogen (secondary N) is 1. The summed E-state index contributed by atoms with van der Waals surface area (Å²) in [7, 11) is 2.13. The number of aryl methyl sites for hydroxylation is 2. The minimum Gasteiger partial charge on any atom is -0.379 e. The molecular formula is C17H17BrN2. The van der Waals surface area contributed by atoms with Crippen LogP contribution in [0, 0.1) is 6.92 Å². The molecular weight excluding hydrogens is 312 g/mol. The van der Waals surface area contributed by atoms with Crippen LogP contribution < -0.4 is 5.32 Å². The van der Waals surface area contributed by atoms with Crippen LogP contribution in [0.3, 0.4) is 0 Å².